The van der Waals surface area contributed by atoms with Crippen LogP contribution in [0.4, 0.5) is 15.8 Å². The van der Waals surface area contributed by atoms with Crippen LogP contribution in [0.15, 0.2) is 36.5 Å². The van der Waals surface area contributed by atoms with Gasteiger partial charge in [0, 0.05) is 18.8 Å². The zero-order valence-electron chi connectivity index (χ0n) is 11.0. The van der Waals surface area contributed by atoms with Gasteiger partial charge >= 0.3 is 0 Å². The molecule has 0 fully saturated rings. The van der Waals surface area contributed by atoms with Crippen LogP contribution in [-0.4, -0.2) is 16.8 Å². The van der Waals surface area contributed by atoms with Crippen molar-refractivity contribution >= 4 is 34.8 Å². The summed E-state index contributed by atoms with van der Waals surface area (Å²) in [7, 11) is 0. The molecular formula is C14H11ClFN3O2. The predicted molar refractivity (Wildman–Crippen MR) is 77.9 cm³/mol. The van der Waals surface area contributed by atoms with Crippen LogP contribution in [0.1, 0.15) is 17.3 Å². The second-order valence-corrected chi connectivity index (χ2v) is 4.59. The number of benzene rings is 1. The zero-order valence-corrected chi connectivity index (χ0v) is 11.7. The van der Waals surface area contributed by atoms with Gasteiger partial charge < -0.3 is 10.6 Å². The molecule has 0 atom stereocenters. The van der Waals surface area contributed by atoms with E-state index in [1.54, 1.807) is 0 Å². The minimum absolute atomic E-state index is 0.0406. The average molecular weight is 308 g/mol. The molecule has 0 aliphatic carbocycles. The quantitative estimate of drug-likeness (QED) is 0.856. The van der Waals surface area contributed by atoms with E-state index in [1.807, 2.05) is 0 Å². The molecule has 1 aromatic carbocycles. The van der Waals surface area contributed by atoms with Gasteiger partial charge in [-0.05, 0) is 30.3 Å². The second-order valence-electron chi connectivity index (χ2n) is 4.20. The fourth-order valence-electron chi connectivity index (χ4n) is 1.61. The SMILES string of the molecule is CC(=O)Nc1ccc(F)c(NC(=O)c2ccc(Cl)nc2)c1. The van der Waals surface area contributed by atoms with Crippen molar-refractivity contribution in [2.45, 2.75) is 6.92 Å². The number of aromatic nitrogens is 1. The largest absolute Gasteiger partial charge is 0.326 e. The maximum atomic E-state index is 13.7. The number of amides is 2. The third kappa shape index (κ3) is 4.00. The lowest BCUT2D eigenvalue weighted by Gasteiger charge is -2.09. The lowest BCUT2D eigenvalue weighted by Crippen LogP contribution is -2.14. The van der Waals surface area contributed by atoms with Crippen molar-refractivity contribution in [2.24, 2.45) is 0 Å². The Morgan fingerprint density at radius 2 is 1.95 bits per heavy atom. The van der Waals surface area contributed by atoms with Crippen LogP contribution >= 0.6 is 11.6 Å². The van der Waals surface area contributed by atoms with E-state index in [9.17, 15) is 14.0 Å². The molecule has 0 aliphatic heterocycles. The number of anilines is 2. The van der Waals surface area contributed by atoms with Crippen molar-refractivity contribution < 1.29 is 14.0 Å². The lowest BCUT2D eigenvalue weighted by atomic mass is 10.2. The zero-order chi connectivity index (χ0) is 15.4. The summed E-state index contributed by atoms with van der Waals surface area (Å²) in [6.45, 7) is 1.33. The van der Waals surface area contributed by atoms with E-state index in [1.165, 1.54) is 37.4 Å². The van der Waals surface area contributed by atoms with Crippen LogP contribution in [0.5, 0.6) is 0 Å². The molecule has 0 saturated heterocycles. The van der Waals surface area contributed by atoms with Crippen LogP contribution in [0.25, 0.3) is 0 Å². The average Bonchev–Trinajstić information content (AvgIpc) is 2.42. The number of carbonyl (C=O) groups excluding carboxylic acids is 2. The summed E-state index contributed by atoms with van der Waals surface area (Å²) in [5, 5.41) is 5.17. The van der Waals surface area contributed by atoms with Crippen molar-refractivity contribution in [1.82, 2.24) is 4.98 Å². The van der Waals surface area contributed by atoms with E-state index in [4.69, 9.17) is 11.6 Å². The number of nitrogens with one attached hydrogen (secondary N) is 2. The molecule has 2 rings (SSSR count). The van der Waals surface area contributed by atoms with Gasteiger partial charge in [-0.1, -0.05) is 11.6 Å². The van der Waals surface area contributed by atoms with Crippen molar-refractivity contribution in [3.05, 3.63) is 53.1 Å². The van der Waals surface area contributed by atoms with Crippen LogP contribution in [0.2, 0.25) is 5.15 Å². The molecule has 7 heteroatoms. The summed E-state index contributed by atoms with van der Waals surface area (Å²) in [6.07, 6.45) is 1.28. The topological polar surface area (TPSA) is 71.1 Å². The highest BCUT2D eigenvalue weighted by atomic mass is 35.5. The molecule has 0 unspecified atom stereocenters. The van der Waals surface area contributed by atoms with E-state index in [-0.39, 0.29) is 22.3 Å². The first kappa shape index (κ1) is 14.9. The van der Waals surface area contributed by atoms with Crippen molar-refractivity contribution in [1.29, 1.82) is 0 Å². The standard InChI is InChI=1S/C14H11ClFN3O2/c1-8(20)18-10-3-4-11(16)12(6-10)19-14(21)9-2-5-13(15)17-7-9/h2-7H,1H3,(H,18,20)(H,19,21). The Hall–Kier alpha value is -2.47. The molecule has 5 nitrogen and oxygen atoms in total. The smallest absolute Gasteiger partial charge is 0.257 e. The molecule has 2 aromatic rings. The highest BCUT2D eigenvalue weighted by Crippen LogP contribution is 2.20. The molecule has 0 saturated carbocycles. The van der Waals surface area contributed by atoms with Crippen LogP contribution < -0.4 is 10.6 Å². The second kappa shape index (κ2) is 6.32. The molecule has 1 aromatic heterocycles. The first-order valence-corrected chi connectivity index (χ1v) is 6.33. The fourth-order valence-corrected chi connectivity index (χ4v) is 1.72. The molecule has 1 heterocycles. The monoisotopic (exact) mass is 307 g/mol. The van der Waals surface area contributed by atoms with E-state index in [0.29, 0.717) is 5.69 Å². The van der Waals surface area contributed by atoms with E-state index >= 15 is 0 Å². The van der Waals surface area contributed by atoms with Crippen LogP contribution in [0, 0.1) is 5.82 Å². The van der Waals surface area contributed by atoms with Crippen LogP contribution in [-0.2, 0) is 4.79 Å². The number of pyridine rings is 1. The number of halogens is 2. The summed E-state index contributed by atoms with van der Waals surface area (Å²) in [5.74, 6) is -1.43. The first-order chi connectivity index (χ1) is 9.95. The third-order valence-electron chi connectivity index (χ3n) is 2.52. The molecular weight excluding hydrogens is 297 g/mol. The Bertz CT molecular complexity index is 689. The van der Waals surface area contributed by atoms with Gasteiger partial charge in [0.2, 0.25) is 5.91 Å². The van der Waals surface area contributed by atoms with E-state index in [0.717, 1.165) is 6.07 Å². The van der Waals surface area contributed by atoms with Gasteiger partial charge in [0.05, 0.1) is 11.3 Å². The molecule has 21 heavy (non-hydrogen) atoms. The summed E-state index contributed by atoms with van der Waals surface area (Å²) in [5.41, 5.74) is 0.582. The molecule has 2 N–H and O–H groups in total. The van der Waals surface area contributed by atoms with Gasteiger partial charge in [-0.25, -0.2) is 9.37 Å². The van der Waals surface area contributed by atoms with Crippen LogP contribution in [0.3, 0.4) is 0 Å². The lowest BCUT2D eigenvalue weighted by molar-refractivity contribution is -0.114. The number of hydrogen-bond donors (Lipinski definition) is 2. The van der Waals surface area contributed by atoms with Gasteiger partial charge in [-0.2, -0.15) is 0 Å². The van der Waals surface area contributed by atoms with Crippen molar-refractivity contribution in [3.8, 4) is 0 Å². The van der Waals surface area contributed by atoms with Crippen molar-refractivity contribution in [2.75, 3.05) is 10.6 Å². The maximum Gasteiger partial charge on any atom is 0.257 e. The summed E-state index contributed by atoms with van der Waals surface area (Å²) < 4.78 is 13.7. The Morgan fingerprint density at radius 3 is 2.57 bits per heavy atom. The van der Waals surface area contributed by atoms with E-state index in [2.05, 4.69) is 15.6 Å². The highest BCUT2D eigenvalue weighted by Gasteiger charge is 2.11. The maximum absolute atomic E-state index is 13.7. The third-order valence-corrected chi connectivity index (χ3v) is 2.75. The molecule has 0 spiro atoms. The summed E-state index contributed by atoms with van der Waals surface area (Å²) in [6, 6.07) is 6.82. The summed E-state index contributed by atoms with van der Waals surface area (Å²) in [4.78, 5) is 26.7. The summed E-state index contributed by atoms with van der Waals surface area (Å²) >= 11 is 5.63. The molecule has 0 radical (unpaired) electrons. The number of nitrogens with zero attached hydrogens (tertiary/aromatic N) is 1. The van der Waals surface area contributed by atoms with E-state index < -0.39 is 11.7 Å². The Labute approximate surface area is 125 Å². The molecule has 2 amide bonds. The molecule has 0 bridgehead atoms. The van der Waals surface area contributed by atoms with Crippen molar-refractivity contribution in [3.63, 3.8) is 0 Å². The minimum atomic E-state index is -0.612. The van der Waals surface area contributed by atoms with Gasteiger partial charge in [0.1, 0.15) is 11.0 Å². The van der Waals surface area contributed by atoms with Gasteiger partial charge in [-0.3, -0.25) is 9.59 Å². The number of carbonyl (C=O) groups is 2. The number of rotatable bonds is 3. The molecule has 0 aliphatic rings. The first-order valence-electron chi connectivity index (χ1n) is 5.96. The Kier molecular flexibility index (Phi) is 4.49. The van der Waals surface area contributed by atoms with Gasteiger partial charge in [0.15, 0.2) is 0 Å². The predicted octanol–water partition coefficient (Wildman–Crippen LogP) is 3.08. The highest BCUT2D eigenvalue weighted by molar-refractivity contribution is 6.29. The minimum Gasteiger partial charge on any atom is -0.326 e. The Morgan fingerprint density at radius 1 is 1.19 bits per heavy atom. The Balaban J connectivity index is 2.20. The van der Waals surface area contributed by atoms with Gasteiger partial charge in [-0.15, -0.1) is 0 Å². The normalized spacial score (nSPS) is 10.0. The molecule has 108 valence electrons. The number of hydrogen-bond acceptors (Lipinski definition) is 3. The fraction of sp³-hybridized carbons (Fsp3) is 0.0714. The van der Waals surface area contributed by atoms with Gasteiger partial charge in [0.25, 0.3) is 5.91 Å².